The lowest BCUT2D eigenvalue weighted by atomic mass is 9.81. The molecule has 2 aromatic heterocycles. The number of piperidine rings is 1. The standard InChI is InChI=1S/C20H22N4O3/c1-20(19-22-17(12-26-2)27-23-19)10-5-11-24(13-20)18(25)16-9-8-14-6-3-4-7-15(14)21-16/h3-4,6-9H,5,10-13H2,1-2H3. The Balaban J connectivity index is 1.56. The Labute approximate surface area is 157 Å². The summed E-state index contributed by atoms with van der Waals surface area (Å²) in [4.78, 5) is 23.9. The van der Waals surface area contributed by atoms with E-state index in [-0.39, 0.29) is 17.9 Å². The van der Waals surface area contributed by atoms with Gasteiger partial charge in [-0.15, -0.1) is 0 Å². The quantitative estimate of drug-likeness (QED) is 0.706. The molecule has 1 unspecified atom stereocenters. The minimum atomic E-state index is -0.347. The number of fused-ring (bicyclic) bond motifs is 1. The molecule has 1 aliphatic heterocycles. The number of pyridine rings is 1. The number of nitrogens with zero attached hydrogens (tertiary/aromatic N) is 4. The van der Waals surface area contributed by atoms with Gasteiger partial charge in [-0.25, -0.2) is 4.98 Å². The SMILES string of the molecule is COCc1nc(C2(C)CCCN(C(=O)c3ccc4ccccc4n3)C2)no1. The fourth-order valence-electron chi connectivity index (χ4n) is 3.62. The zero-order chi connectivity index (χ0) is 18.9. The largest absolute Gasteiger partial charge is 0.375 e. The summed E-state index contributed by atoms with van der Waals surface area (Å²) in [6, 6.07) is 11.5. The molecule has 27 heavy (non-hydrogen) atoms. The first kappa shape index (κ1) is 17.6. The van der Waals surface area contributed by atoms with Gasteiger partial charge in [0.25, 0.3) is 11.8 Å². The number of carbonyl (C=O) groups excluding carboxylic acids is 1. The van der Waals surface area contributed by atoms with Crippen molar-refractivity contribution in [3.05, 3.63) is 53.8 Å². The van der Waals surface area contributed by atoms with Crippen molar-refractivity contribution in [3.8, 4) is 0 Å². The normalized spacial score (nSPS) is 20.1. The highest BCUT2D eigenvalue weighted by atomic mass is 16.5. The first-order valence-corrected chi connectivity index (χ1v) is 9.06. The van der Waals surface area contributed by atoms with Gasteiger partial charge in [0.15, 0.2) is 5.82 Å². The first-order valence-electron chi connectivity index (χ1n) is 9.06. The molecule has 0 spiro atoms. The molecule has 140 valence electrons. The lowest BCUT2D eigenvalue weighted by Crippen LogP contribution is -2.47. The van der Waals surface area contributed by atoms with Crippen LogP contribution in [0.1, 0.15) is 42.0 Å². The number of aromatic nitrogens is 3. The Morgan fingerprint density at radius 2 is 2.11 bits per heavy atom. The summed E-state index contributed by atoms with van der Waals surface area (Å²) >= 11 is 0. The zero-order valence-electron chi connectivity index (χ0n) is 15.5. The van der Waals surface area contributed by atoms with E-state index in [1.165, 1.54) is 0 Å². The molecule has 0 saturated carbocycles. The highest BCUT2D eigenvalue weighted by Crippen LogP contribution is 2.32. The van der Waals surface area contributed by atoms with Gasteiger partial charge >= 0.3 is 0 Å². The molecule has 4 rings (SSSR count). The van der Waals surface area contributed by atoms with Crippen LogP contribution in [0, 0.1) is 0 Å². The molecule has 0 bridgehead atoms. The molecule has 1 fully saturated rings. The summed E-state index contributed by atoms with van der Waals surface area (Å²) in [7, 11) is 1.59. The van der Waals surface area contributed by atoms with E-state index in [0.717, 1.165) is 23.7 Å². The Bertz CT molecular complexity index is 971. The number of hydrogen-bond donors (Lipinski definition) is 0. The summed E-state index contributed by atoms with van der Waals surface area (Å²) in [5.74, 6) is 1.01. The molecular formula is C20H22N4O3. The van der Waals surface area contributed by atoms with Gasteiger partial charge < -0.3 is 14.2 Å². The number of carbonyl (C=O) groups is 1. The van der Waals surface area contributed by atoms with Crippen LogP contribution in [-0.4, -0.2) is 46.1 Å². The van der Waals surface area contributed by atoms with Crippen LogP contribution in [0.4, 0.5) is 0 Å². The molecular weight excluding hydrogens is 344 g/mol. The zero-order valence-corrected chi connectivity index (χ0v) is 15.5. The van der Waals surface area contributed by atoms with Crippen molar-refractivity contribution in [1.82, 2.24) is 20.0 Å². The number of para-hydroxylation sites is 1. The molecule has 3 heterocycles. The molecule has 1 atom stereocenters. The van der Waals surface area contributed by atoms with Crippen LogP contribution in [0.3, 0.4) is 0 Å². The van der Waals surface area contributed by atoms with E-state index in [2.05, 4.69) is 22.0 Å². The van der Waals surface area contributed by atoms with E-state index in [9.17, 15) is 4.79 Å². The number of amides is 1. The molecule has 7 nitrogen and oxygen atoms in total. The van der Waals surface area contributed by atoms with Gasteiger partial charge in [-0.1, -0.05) is 36.3 Å². The number of rotatable bonds is 4. The summed E-state index contributed by atoms with van der Waals surface area (Å²) < 4.78 is 10.3. The maximum atomic E-state index is 13.0. The monoisotopic (exact) mass is 366 g/mol. The molecule has 1 amide bonds. The van der Waals surface area contributed by atoms with Crippen molar-refractivity contribution in [2.24, 2.45) is 0 Å². The molecule has 3 aromatic rings. The van der Waals surface area contributed by atoms with E-state index in [0.29, 0.717) is 30.5 Å². The van der Waals surface area contributed by atoms with E-state index < -0.39 is 0 Å². The highest BCUT2D eigenvalue weighted by molar-refractivity contribution is 5.95. The van der Waals surface area contributed by atoms with E-state index in [1.54, 1.807) is 13.2 Å². The smallest absolute Gasteiger partial charge is 0.272 e. The van der Waals surface area contributed by atoms with Crippen LogP contribution in [0.5, 0.6) is 0 Å². The average Bonchev–Trinajstić information content (AvgIpc) is 3.17. The minimum absolute atomic E-state index is 0.0627. The number of ether oxygens (including phenoxy) is 1. The van der Waals surface area contributed by atoms with Crippen molar-refractivity contribution >= 4 is 16.8 Å². The number of methoxy groups -OCH3 is 1. The maximum absolute atomic E-state index is 13.0. The third-order valence-corrected chi connectivity index (χ3v) is 5.08. The Hall–Kier alpha value is -2.80. The van der Waals surface area contributed by atoms with Crippen LogP contribution < -0.4 is 0 Å². The molecule has 0 N–H and O–H groups in total. The Morgan fingerprint density at radius 3 is 2.96 bits per heavy atom. The van der Waals surface area contributed by atoms with Crippen molar-refractivity contribution in [1.29, 1.82) is 0 Å². The van der Waals surface area contributed by atoms with Crippen LogP contribution >= 0.6 is 0 Å². The number of likely N-dealkylation sites (tertiary alicyclic amines) is 1. The van der Waals surface area contributed by atoms with Gasteiger partial charge in [0.1, 0.15) is 12.3 Å². The third-order valence-electron chi connectivity index (χ3n) is 5.08. The fourth-order valence-corrected chi connectivity index (χ4v) is 3.62. The molecule has 1 aliphatic rings. The average molecular weight is 366 g/mol. The van der Waals surface area contributed by atoms with Crippen LogP contribution in [-0.2, 0) is 16.8 Å². The second kappa shape index (κ2) is 7.08. The van der Waals surface area contributed by atoms with Crippen LogP contribution in [0.15, 0.2) is 40.9 Å². The second-order valence-corrected chi connectivity index (χ2v) is 7.22. The minimum Gasteiger partial charge on any atom is -0.375 e. The van der Waals surface area contributed by atoms with Crippen molar-refractivity contribution in [2.75, 3.05) is 20.2 Å². The van der Waals surface area contributed by atoms with E-state index in [4.69, 9.17) is 9.26 Å². The van der Waals surface area contributed by atoms with E-state index in [1.807, 2.05) is 35.2 Å². The Morgan fingerprint density at radius 1 is 1.26 bits per heavy atom. The van der Waals surface area contributed by atoms with Crippen LogP contribution in [0.25, 0.3) is 10.9 Å². The van der Waals surface area contributed by atoms with Gasteiger partial charge in [0.05, 0.1) is 5.52 Å². The molecule has 7 heteroatoms. The molecule has 0 radical (unpaired) electrons. The van der Waals surface area contributed by atoms with E-state index >= 15 is 0 Å². The summed E-state index contributed by atoms with van der Waals surface area (Å²) in [5, 5.41) is 5.14. The molecule has 1 aromatic carbocycles. The van der Waals surface area contributed by atoms with Gasteiger partial charge in [0.2, 0.25) is 0 Å². The van der Waals surface area contributed by atoms with Crippen molar-refractivity contribution in [3.63, 3.8) is 0 Å². The summed E-state index contributed by atoms with van der Waals surface area (Å²) in [6.45, 7) is 3.59. The first-order chi connectivity index (χ1) is 13.1. The van der Waals surface area contributed by atoms with Gasteiger partial charge in [-0.2, -0.15) is 4.98 Å². The predicted molar refractivity (Wildman–Crippen MR) is 99.2 cm³/mol. The molecule has 1 saturated heterocycles. The van der Waals surface area contributed by atoms with Gasteiger partial charge in [-0.3, -0.25) is 4.79 Å². The van der Waals surface area contributed by atoms with Crippen LogP contribution in [0.2, 0.25) is 0 Å². The fraction of sp³-hybridized carbons (Fsp3) is 0.400. The summed E-state index contributed by atoms with van der Waals surface area (Å²) in [5.41, 5.74) is 0.942. The van der Waals surface area contributed by atoms with Crippen molar-refractivity contribution in [2.45, 2.75) is 31.8 Å². The number of hydrogen-bond acceptors (Lipinski definition) is 6. The van der Waals surface area contributed by atoms with Gasteiger partial charge in [-0.05, 0) is 25.0 Å². The topological polar surface area (TPSA) is 81.4 Å². The highest BCUT2D eigenvalue weighted by Gasteiger charge is 2.39. The van der Waals surface area contributed by atoms with Gasteiger partial charge in [0, 0.05) is 31.0 Å². The second-order valence-electron chi connectivity index (χ2n) is 7.22. The van der Waals surface area contributed by atoms with Crippen molar-refractivity contribution < 1.29 is 14.1 Å². The predicted octanol–water partition coefficient (Wildman–Crippen LogP) is 2.96. The molecule has 0 aliphatic carbocycles. The Kier molecular flexibility index (Phi) is 4.61. The summed E-state index contributed by atoms with van der Waals surface area (Å²) in [6.07, 6.45) is 1.78. The third kappa shape index (κ3) is 3.42. The maximum Gasteiger partial charge on any atom is 0.272 e. The lowest BCUT2D eigenvalue weighted by Gasteiger charge is -2.38. The lowest BCUT2D eigenvalue weighted by molar-refractivity contribution is 0.0636. The number of benzene rings is 1.